The van der Waals surface area contributed by atoms with Crippen molar-refractivity contribution in [3.8, 4) is 0 Å². The molecule has 9 heteroatoms. The van der Waals surface area contributed by atoms with Crippen LogP contribution in [0, 0.1) is 0 Å². The molecule has 1 aliphatic rings. The molecule has 0 saturated carbocycles. The van der Waals surface area contributed by atoms with Crippen LogP contribution in [-0.4, -0.2) is 50.2 Å². The smallest absolute Gasteiger partial charge is 0.204 e. The van der Waals surface area contributed by atoms with Crippen LogP contribution in [0.25, 0.3) is 5.70 Å². The van der Waals surface area contributed by atoms with Crippen molar-refractivity contribution in [1.82, 2.24) is 9.62 Å². The summed E-state index contributed by atoms with van der Waals surface area (Å²) >= 11 is 3.24. The largest absolute Gasteiger partial charge is 0.398 e. The zero-order valence-corrected chi connectivity index (χ0v) is 16.9. The highest BCUT2D eigenvalue weighted by atomic mass is 32.2. The maximum atomic E-state index is 8.58. The number of allylic oxidation sites excluding steroid dienone is 2. The van der Waals surface area contributed by atoms with Crippen molar-refractivity contribution in [2.24, 2.45) is 17.2 Å². The zero-order valence-electron chi connectivity index (χ0n) is 15.2. The molecule has 26 heavy (non-hydrogen) atoms. The maximum Gasteiger partial charge on any atom is 0.204 e. The summed E-state index contributed by atoms with van der Waals surface area (Å²) in [5.74, 6) is 0. The highest BCUT2D eigenvalue weighted by Crippen LogP contribution is 2.27. The average molecular weight is 397 g/mol. The van der Waals surface area contributed by atoms with Gasteiger partial charge in [-0.1, -0.05) is 30.1 Å². The van der Waals surface area contributed by atoms with Gasteiger partial charge in [-0.05, 0) is 30.2 Å². The molecular weight excluding hydrogens is 368 g/mol. The number of anilines is 1. The normalized spacial score (nSPS) is 15.8. The first-order valence-electron chi connectivity index (χ1n) is 8.12. The summed E-state index contributed by atoms with van der Waals surface area (Å²) in [5.41, 5.74) is 19.4. The van der Waals surface area contributed by atoms with Crippen LogP contribution in [0.5, 0.6) is 0 Å². The molecule has 0 unspecified atom stereocenters. The van der Waals surface area contributed by atoms with Crippen molar-refractivity contribution >= 4 is 41.7 Å². The minimum absolute atomic E-state index is 0.250. The third-order valence-electron chi connectivity index (χ3n) is 3.57. The second-order valence-corrected chi connectivity index (χ2v) is 7.38. The van der Waals surface area contributed by atoms with Crippen LogP contribution in [0.4, 0.5) is 5.69 Å². The Hall–Kier alpha value is -1.81. The third-order valence-corrected chi connectivity index (χ3v) is 5.28. The first kappa shape index (κ1) is 22.2. The predicted octanol–water partition coefficient (Wildman–Crippen LogP) is 1.16. The Bertz CT molecular complexity index is 617. The number of para-hydroxylation sites is 1. The monoisotopic (exact) mass is 396 g/mol. The molecule has 7 N–H and O–H groups in total. The van der Waals surface area contributed by atoms with Gasteiger partial charge in [0.1, 0.15) is 0 Å². The lowest BCUT2D eigenvalue weighted by Gasteiger charge is -2.25. The Morgan fingerprint density at radius 3 is 2.46 bits per heavy atom. The number of carbonyl (C=O) groups is 1. The Morgan fingerprint density at radius 2 is 1.85 bits per heavy atom. The van der Waals surface area contributed by atoms with Crippen LogP contribution in [0.1, 0.15) is 5.56 Å². The molecule has 1 heterocycles. The maximum absolute atomic E-state index is 8.58. The van der Waals surface area contributed by atoms with E-state index in [9.17, 15) is 0 Å². The molecule has 1 aromatic rings. The number of hydrogen-bond donors (Lipinski definition) is 4. The number of carbonyl (C=O) groups excluding carboxylic acids is 1. The number of amides is 1. The van der Waals surface area contributed by atoms with E-state index in [1.807, 2.05) is 43.7 Å². The number of nitrogens with zero attached hydrogens (tertiary/aromatic N) is 2. The van der Waals surface area contributed by atoms with Crippen molar-refractivity contribution in [1.29, 1.82) is 0 Å². The van der Waals surface area contributed by atoms with Gasteiger partial charge in [0.25, 0.3) is 0 Å². The van der Waals surface area contributed by atoms with E-state index >= 15 is 0 Å². The van der Waals surface area contributed by atoms with Crippen molar-refractivity contribution in [2.45, 2.75) is 0 Å². The summed E-state index contributed by atoms with van der Waals surface area (Å²) in [5, 5.41) is 4.08. The van der Waals surface area contributed by atoms with Gasteiger partial charge >= 0.3 is 0 Å². The van der Waals surface area contributed by atoms with Crippen molar-refractivity contribution in [3.63, 3.8) is 0 Å². The van der Waals surface area contributed by atoms with Gasteiger partial charge in [0.05, 0.1) is 10.7 Å². The lowest BCUT2D eigenvalue weighted by Crippen LogP contribution is -2.40. The fourth-order valence-corrected chi connectivity index (χ4v) is 3.42. The summed E-state index contributed by atoms with van der Waals surface area (Å²) in [6, 6.07) is 8.11. The first-order chi connectivity index (χ1) is 12.5. The molecule has 0 bridgehead atoms. The van der Waals surface area contributed by atoms with E-state index in [1.54, 1.807) is 23.9 Å². The van der Waals surface area contributed by atoms with Gasteiger partial charge in [0, 0.05) is 50.7 Å². The Morgan fingerprint density at radius 1 is 1.23 bits per heavy atom. The highest BCUT2D eigenvalue weighted by molar-refractivity contribution is 8.00. The number of rotatable bonds is 6. The van der Waals surface area contributed by atoms with Gasteiger partial charge in [-0.3, -0.25) is 4.79 Å². The summed E-state index contributed by atoms with van der Waals surface area (Å²) in [7, 11) is 2.03. The van der Waals surface area contributed by atoms with Crippen molar-refractivity contribution < 1.29 is 4.79 Å². The van der Waals surface area contributed by atoms with Gasteiger partial charge in [0.15, 0.2) is 0 Å². The van der Waals surface area contributed by atoms with E-state index in [1.165, 1.54) is 0 Å². The van der Waals surface area contributed by atoms with E-state index in [2.05, 4.69) is 25.7 Å². The van der Waals surface area contributed by atoms with Gasteiger partial charge in [-0.2, -0.15) is 0 Å². The fourth-order valence-electron chi connectivity index (χ4n) is 2.27. The third kappa shape index (κ3) is 7.61. The van der Waals surface area contributed by atoms with Crippen molar-refractivity contribution in [2.75, 3.05) is 43.8 Å². The molecule has 1 amide bonds. The lowest BCUT2D eigenvalue weighted by molar-refractivity contribution is -0.106. The van der Waals surface area contributed by atoms with Crippen LogP contribution in [0.3, 0.4) is 0 Å². The molecule has 0 radical (unpaired) electrons. The van der Waals surface area contributed by atoms with Crippen LogP contribution < -0.4 is 26.8 Å². The topological polar surface area (TPSA) is 114 Å². The van der Waals surface area contributed by atoms with Crippen LogP contribution in [0.2, 0.25) is 0 Å². The minimum Gasteiger partial charge on any atom is -0.398 e. The van der Waals surface area contributed by atoms with E-state index in [4.69, 9.17) is 16.3 Å². The second-order valence-electron chi connectivity index (χ2n) is 5.29. The number of benzene rings is 1. The van der Waals surface area contributed by atoms with Crippen LogP contribution in [0.15, 0.2) is 41.4 Å². The summed E-state index contributed by atoms with van der Waals surface area (Å²) in [4.78, 5) is 8.58. The zero-order chi connectivity index (χ0) is 19.4. The number of primary amides is 1. The van der Waals surface area contributed by atoms with Crippen molar-refractivity contribution in [3.05, 3.63) is 47.0 Å². The predicted molar refractivity (Wildman–Crippen MR) is 115 cm³/mol. The van der Waals surface area contributed by atoms with Crippen LogP contribution >= 0.6 is 23.9 Å². The number of piperazine rings is 1. The molecule has 0 spiro atoms. The molecule has 144 valence electrons. The standard InChI is InChI=1S/C16H25N5S2.CH3NO/c1-20(22-2)15-6-4-3-5-13(15)14(17)7-8-16(18)23-21-11-9-19-10-12-21;2-1-3/h3-8,19H,9-12,17-18H2,1-2H3;1H,(H2,2,3)/b14-7-,16-8+;. The Balaban J connectivity index is 0.00000105. The molecule has 1 aliphatic heterocycles. The molecular formula is C17H28N6OS2. The molecule has 1 aromatic carbocycles. The quantitative estimate of drug-likeness (QED) is 0.322. The molecule has 0 atom stereocenters. The molecule has 2 rings (SSSR count). The summed E-state index contributed by atoms with van der Waals surface area (Å²) in [6.07, 6.45) is 6.06. The van der Waals surface area contributed by atoms with Crippen LogP contribution in [-0.2, 0) is 4.79 Å². The van der Waals surface area contributed by atoms with E-state index in [0.717, 1.165) is 42.5 Å². The second kappa shape index (κ2) is 12.5. The number of nitrogens with one attached hydrogen (secondary N) is 1. The molecule has 1 saturated heterocycles. The molecule has 1 fully saturated rings. The van der Waals surface area contributed by atoms with Gasteiger partial charge in [0.2, 0.25) is 6.41 Å². The highest BCUT2D eigenvalue weighted by Gasteiger charge is 2.11. The number of hydrogen-bond acceptors (Lipinski definition) is 8. The first-order valence-corrected chi connectivity index (χ1v) is 10.1. The molecule has 0 aromatic heterocycles. The Kier molecular flexibility index (Phi) is 10.7. The van der Waals surface area contributed by atoms with Gasteiger partial charge in [-0.25, -0.2) is 4.31 Å². The summed E-state index contributed by atoms with van der Waals surface area (Å²) < 4.78 is 4.36. The van der Waals surface area contributed by atoms with E-state index < -0.39 is 0 Å². The minimum atomic E-state index is 0.250. The fraction of sp³-hybridized carbons (Fsp3) is 0.353. The lowest BCUT2D eigenvalue weighted by atomic mass is 10.1. The average Bonchev–Trinajstić information content (AvgIpc) is 2.67. The SMILES string of the molecule is CSN(C)c1ccccc1/C(N)=C/C=C(\N)SN1CCNCC1.NC=O. The summed E-state index contributed by atoms with van der Waals surface area (Å²) in [6.45, 7) is 4.01. The van der Waals surface area contributed by atoms with E-state index in [0.29, 0.717) is 5.70 Å². The van der Waals surface area contributed by atoms with E-state index in [-0.39, 0.29) is 6.41 Å². The molecule has 0 aliphatic carbocycles. The van der Waals surface area contributed by atoms with Gasteiger partial charge < -0.3 is 26.8 Å². The van der Waals surface area contributed by atoms with Gasteiger partial charge in [-0.15, -0.1) is 0 Å². The number of nitrogens with two attached hydrogens (primary N) is 3. The Labute approximate surface area is 164 Å². The molecule has 7 nitrogen and oxygen atoms in total.